The zero-order chi connectivity index (χ0) is 14.4. The van der Waals surface area contributed by atoms with E-state index in [0.29, 0.717) is 12.2 Å². The molecule has 0 bridgehead atoms. The molecule has 20 heavy (non-hydrogen) atoms. The van der Waals surface area contributed by atoms with Gasteiger partial charge < -0.3 is 4.74 Å². The van der Waals surface area contributed by atoms with Crippen LogP contribution in [0, 0.1) is 0 Å². The van der Waals surface area contributed by atoms with Gasteiger partial charge in [-0.15, -0.1) is 0 Å². The predicted octanol–water partition coefficient (Wildman–Crippen LogP) is 1.79. The highest BCUT2D eigenvalue weighted by molar-refractivity contribution is 5.93. The Labute approximate surface area is 120 Å². The normalized spacial score (nSPS) is 15.3. The summed E-state index contributed by atoms with van der Waals surface area (Å²) in [6.07, 6.45) is 2.59. The second-order valence-corrected chi connectivity index (χ2v) is 4.91. The molecule has 0 saturated carbocycles. The van der Waals surface area contributed by atoms with Crippen LogP contribution in [0.4, 0.5) is 0 Å². The number of carbonyl (C=O) groups is 1. The standard InChI is InChI=1S/C15H22N2O3/c1-16(19-2)15(18)13-5-7-14(8-6-13)20-12-11-17-9-3-4-10-17/h5-8H,3-4,9-12H2,1-2H3. The number of rotatable bonds is 6. The van der Waals surface area contributed by atoms with Crippen LogP contribution in [0.25, 0.3) is 0 Å². The smallest absolute Gasteiger partial charge is 0.277 e. The third kappa shape index (κ3) is 3.95. The van der Waals surface area contributed by atoms with E-state index in [9.17, 15) is 4.79 Å². The molecule has 1 amide bonds. The molecule has 1 fully saturated rings. The molecule has 2 rings (SSSR count). The summed E-state index contributed by atoms with van der Waals surface area (Å²) >= 11 is 0. The topological polar surface area (TPSA) is 42.0 Å². The number of carbonyl (C=O) groups excluding carboxylic acids is 1. The molecule has 0 N–H and O–H groups in total. The quantitative estimate of drug-likeness (QED) is 0.744. The van der Waals surface area contributed by atoms with Crippen LogP contribution < -0.4 is 4.74 Å². The average Bonchev–Trinajstić information content (AvgIpc) is 2.99. The van der Waals surface area contributed by atoms with Crippen molar-refractivity contribution in [2.75, 3.05) is 40.4 Å². The Kier molecular flexibility index (Phi) is 5.38. The van der Waals surface area contributed by atoms with Gasteiger partial charge in [0.1, 0.15) is 12.4 Å². The van der Waals surface area contributed by atoms with Crippen molar-refractivity contribution in [1.29, 1.82) is 0 Å². The number of hydrogen-bond donors (Lipinski definition) is 0. The van der Waals surface area contributed by atoms with Crippen molar-refractivity contribution in [1.82, 2.24) is 9.96 Å². The summed E-state index contributed by atoms with van der Waals surface area (Å²) in [6.45, 7) is 4.01. The molecule has 1 saturated heterocycles. The number of amides is 1. The molecule has 5 heteroatoms. The Bertz CT molecular complexity index is 427. The molecule has 0 unspecified atom stereocenters. The van der Waals surface area contributed by atoms with Gasteiger partial charge in [-0.2, -0.15) is 0 Å². The molecule has 0 aliphatic carbocycles. The first-order chi connectivity index (χ1) is 9.70. The maximum atomic E-state index is 11.8. The number of hydrogen-bond acceptors (Lipinski definition) is 4. The minimum atomic E-state index is -0.170. The van der Waals surface area contributed by atoms with Gasteiger partial charge >= 0.3 is 0 Å². The van der Waals surface area contributed by atoms with Gasteiger partial charge in [-0.1, -0.05) is 0 Å². The number of benzene rings is 1. The van der Waals surface area contributed by atoms with E-state index in [0.717, 1.165) is 12.3 Å². The van der Waals surface area contributed by atoms with Gasteiger partial charge in [-0.05, 0) is 50.2 Å². The molecule has 0 spiro atoms. The van der Waals surface area contributed by atoms with Crippen LogP contribution in [-0.4, -0.2) is 56.3 Å². The lowest BCUT2D eigenvalue weighted by atomic mass is 10.2. The Morgan fingerprint density at radius 1 is 1.25 bits per heavy atom. The highest BCUT2D eigenvalue weighted by Gasteiger charge is 2.12. The minimum absolute atomic E-state index is 0.170. The monoisotopic (exact) mass is 278 g/mol. The van der Waals surface area contributed by atoms with E-state index >= 15 is 0 Å². The van der Waals surface area contributed by atoms with Crippen molar-refractivity contribution in [2.45, 2.75) is 12.8 Å². The van der Waals surface area contributed by atoms with E-state index in [1.165, 1.54) is 38.1 Å². The van der Waals surface area contributed by atoms with Crippen LogP contribution in [0.5, 0.6) is 5.75 Å². The lowest BCUT2D eigenvalue weighted by Gasteiger charge is -2.15. The highest BCUT2D eigenvalue weighted by atomic mass is 16.7. The van der Waals surface area contributed by atoms with E-state index in [2.05, 4.69) is 4.90 Å². The van der Waals surface area contributed by atoms with Crippen LogP contribution in [0.2, 0.25) is 0 Å². The lowest BCUT2D eigenvalue weighted by Crippen LogP contribution is -2.25. The second-order valence-electron chi connectivity index (χ2n) is 4.91. The summed E-state index contributed by atoms with van der Waals surface area (Å²) in [7, 11) is 3.05. The van der Waals surface area contributed by atoms with E-state index in [1.54, 1.807) is 19.2 Å². The lowest BCUT2D eigenvalue weighted by molar-refractivity contribution is -0.0757. The van der Waals surface area contributed by atoms with Crippen molar-refractivity contribution < 1.29 is 14.4 Å². The zero-order valence-electron chi connectivity index (χ0n) is 12.2. The summed E-state index contributed by atoms with van der Waals surface area (Å²) in [6, 6.07) is 7.15. The molecule has 110 valence electrons. The first kappa shape index (κ1) is 14.8. The van der Waals surface area contributed by atoms with Gasteiger partial charge in [0, 0.05) is 19.2 Å². The number of ether oxygens (including phenoxy) is 1. The molecule has 0 aromatic heterocycles. The van der Waals surface area contributed by atoms with Crippen LogP contribution >= 0.6 is 0 Å². The third-order valence-electron chi connectivity index (χ3n) is 3.54. The van der Waals surface area contributed by atoms with Crippen LogP contribution in [0.1, 0.15) is 23.2 Å². The largest absolute Gasteiger partial charge is 0.492 e. The number of hydroxylamine groups is 2. The summed E-state index contributed by atoms with van der Waals surface area (Å²) in [5.74, 6) is 0.622. The van der Waals surface area contributed by atoms with Gasteiger partial charge in [0.05, 0.1) is 7.11 Å². The van der Waals surface area contributed by atoms with Gasteiger partial charge in [0.25, 0.3) is 5.91 Å². The van der Waals surface area contributed by atoms with Crippen molar-refractivity contribution >= 4 is 5.91 Å². The van der Waals surface area contributed by atoms with Gasteiger partial charge in [-0.3, -0.25) is 14.5 Å². The molecular formula is C15H22N2O3. The first-order valence-corrected chi connectivity index (χ1v) is 6.98. The molecule has 1 aromatic carbocycles. The number of nitrogens with zero attached hydrogens (tertiary/aromatic N) is 2. The summed E-state index contributed by atoms with van der Waals surface area (Å²) < 4.78 is 5.69. The molecule has 1 aliphatic rings. The molecule has 1 aliphatic heterocycles. The number of likely N-dealkylation sites (tertiary alicyclic amines) is 1. The maximum Gasteiger partial charge on any atom is 0.277 e. The Balaban J connectivity index is 1.80. The fraction of sp³-hybridized carbons (Fsp3) is 0.533. The Morgan fingerprint density at radius 2 is 1.90 bits per heavy atom. The molecule has 5 nitrogen and oxygen atoms in total. The Hall–Kier alpha value is -1.59. The van der Waals surface area contributed by atoms with Crippen molar-refractivity contribution in [3.05, 3.63) is 29.8 Å². The van der Waals surface area contributed by atoms with Crippen molar-refractivity contribution in [3.63, 3.8) is 0 Å². The van der Waals surface area contributed by atoms with Crippen LogP contribution in [-0.2, 0) is 4.84 Å². The third-order valence-corrected chi connectivity index (χ3v) is 3.54. The fourth-order valence-electron chi connectivity index (χ4n) is 2.26. The first-order valence-electron chi connectivity index (χ1n) is 6.98. The molecule has 0 radical (unpaired) electrons. The molecule has 0 atom stereocenters. The average molecular weight is 278 g/mol. The molecule has 1 heterocycles. The Morgan fingerprint density at radius 3 is 2.50 bits per heavy atom. The molecular weight excluding hydrogens is 256 g/mol. The molecule has 1 aromatic rings. The fourth-order valence-corrected chi connectivity index (χ4v) is 2.26. The van der Waals surface area contributed by atoms with E-state index < -0.39 is 0 Å². The van der Waals surface area contributed by atoms with E-state index in [-0.39, 0.29) is 5.91 Å². The van der Waals surface area contributed by atoms with Crippen molar-refractivity contribution in [3.8, 4) is 5.75 Å². The van der Waals surface area contributed by atoms with Gasteiger partial charge in [0.15, 0.2) is 0 Å². The summed E-state index contributed by atoms with van der Waals surface area (Å²) in [4.78, 5) is 19.1. The van der Waals surface area contributed by atoms with E-state index in [1.807, 2.05) is 12.1 Å². The van der Waals surface area contributed by atoms with Crippen molar-refractivity contribution in [2.24, 2.45) is 0 Å². The second kappa shape index (κ2) is 7.26. The van der Waals surface area contributed by atoms with Crippen LogP contribution in [0.3, 0.4) is 0 Å². The zero-order valence-corrected chi connectivity index (χ0v) is 12.2. The summed E-state index contributed by atoms with van der Waals surface area (Å²) in [5.41, 5.74) is 0.584. The predicted molar refractivity (Wildman–Crippen MR) is 76.7 cm³/mol. The SMILES string of the molecule is CON(C)C(=O)c1ccc(OCCN2CCCC2)cc1. The van der Waals surface area contributed by atoms with Gasteiger partial charge in [-0.25, -0.2) is 5.06 Å². The van der Waals surface area contributed by atoms with Crippen LogP contribution in [0.15, 0.2) is 24.3 Å². The highest BCUT2D eigenvalue weighted by Crippen LogP contribution is 2.14. The minimum Gasteiger partial charge on any atom is -0.492 e. The summed E-state index contributed by atoms with van der Waals surface area (Å²) in [5, 5.41) is 1.20. The van der Waals surface area contributed by atoms with Gasteiger partial charge in [0.2, 0.25) is 0 Å². The maximum absolute atomic E-state index is 11.8. The van der Waals surface area contributed by atoms with E-state index in [4.69, 9.17) is 9.57 Å².